The maximum absolute atomic E-state index is 13.1. The zero-order chi connectivity index (χ0) is 17.4. The molecule has 0 bridgehead atoms. The molecule has 24 heavy (non-hydrogen) atoms. The maximum atomic E-state index is 13.1. The molecule has 2 aromatic rings. The molecule has 1 saturated carbocycles. The minimum Gasteiger partial charge on any atom is -0.380 e. The summed E-state index contributed by atoms with van der Waals surface area (Å²) in [7, 11) is -3.58. The molecule has 0 aromatic heterocycles. The first-order valence-corrected chi connectivity index (χ1v) is 9.74. The van der Waals surface area contributed by atoms with Crippen LogP contribution in [0.15, 0.2) is 59.5 Å². The van der Waals surface area contributed by atoms with E-state index < -0.39 is 20.6 Å². The van der Waals surface area contributed by atoms with E-state index in [0.717, 1.165) is 5.56 Å². The zero-order valence-corrected chi connectivity index (χ0v) is 14.9. The number of sulfone groups is 1. The second kappa shape index (κ2) is 6.48. The Labute approximate surface area is 147 Å². The van der Waals surface area contributed by atoms with Gasteiger partial charge >= 0.3 is 0 Å². The summed E-state index contributed by atoms with van der Waals surface area (Å²) in [6.07, 6.45) is 0. The van der Waals surface area contributed by atoms with Crippen LogP contribution in [0.1, 0.15) is 18.4 Å². The predicted octanol–water partition coefficient (Wildman–Crippen LogP) is 3.01. The van der Waals surface area contributed by atoms with E-state index in [0.29, 0.717) is 11.6 Å². The van der Waals surface area contributed by atoms with Crippen LogP contribution in [0.5, 0.6) is 0 Å². The van der Waals surface area contributed by atoms with Crippen LogP contribution < -0.4 is 5.73 Å². The first-order chi connectivity index (χ1) is 11.4. The van der Waals surface area contributed by atoms with Gasteiger partial charge in [0.25, 0.3) is 0 Å². The Hall–Kier alpha value is -1.40. The molecule has 2 aromatic carbocycles. The van der Waals surface area contributed by atoms with E-state index >= 15 is 0 Å². The van der Waals surface area contributed by atoms with Crippen molar-refractivity contribution in [1.82, 2.24) is 0 Å². The summed E-state index contributed by atoms with van der Waals surface area (Å²) in [6, 6.07) is 15.7. The van der Waals surface area contributed by atoms with Gasteiger partial charge in [0.2, 0.25) is 0 Å². The van der Waals surface area contributed by atoms with Crippen LogP contribution in [-0.4, -0.2) is 32.4 Å². The number of rotatable bonds is 6. The molecule has 0 radical (unpaired) electrons. The first kappa shape index (κ1) is 17.4. The van der Waals surface area contributed by atoms with Crippen LogP contribution in [0.2, 0.25) is 5.02 Å². The number of hydrogen-bond acceptors (Lipinski definition) is 4. The van der Waals surface area contributed by atoms with Gasteiger partial charge in [-0.2, -0.15) is 0 Å². The summed E-state index contributed by atoms with van der Waals surface area (Å²) < 4.78 is 31.7. The Morgan fingerprint density at radius 1 is 1.12 bits per heavy atom. The number of benzene rings is 2. The standard InChI is InChI=1S/C18H20ClNO3S/c1-2-23-12-18(20)16(13-6-4-3-5-7-13)17(18)24(21,22)15-10-8-14(19)9-11-15/h3-11,16-17H,2,12,20H2,1H3. The molecule has 0 heterocycles. The van der Waals surface area contributed by atoms with E-state index in [1.807, 2.05) is 37.3 Å². The molecule has 0 spiro atoms. The Balaban J connectivity index is 1.99. The summed E-state index contributed by atoms with van der Waals surface area (Å²) in [6.45, 7) is 2.57. The highest BCUT2D eigenvalue weighted by atomic mass is 35.5. The fourth-order valence-corrected chi connectivity index (χ4v) is 5.68. The lowest BCUT2D eigenvalue weighted by Gasteiger charge is -2.12. The van der Waals surface area contributed by atoms with Crippen LogP contribution in [0.4, 0.5) is 0 Å². The van der Waals surface area contributed by atoms with E-state index in [2.05, 4.69) is 0 Å². The van der Waals surface area contributed by atoms with Crippen molar-refractivity contribution in [2.75, 3.05) is 13.2 Å². The molecule has 1 aliphatic carbocycles. The lowest BCUT2D eigenvalue weighted by molar-refractivity contribution is 0.125. The molecule has 0 aliphatic heterocycles. The molecule has 3 unspecified atom stereocenters. The van der Waals surface area contributed by atoms with Gasteiger partial charge in [0.15, 0.2) is 9.84 Å². The van der Waals surface area contributed by atoms with E-state index in [1.54, 1.807) is 12.1 Å². The molecule has 3 rings (SSSR count). The third-order valence-electron chi connectivity index (χ3n) is 4.49. The molecule has 6 heteroatoms. The predicted molar refractivity (Wildman–Crippen MR) is 95.0 cm³/mol. The van der Waals surface area contributed by atoms with Gasteiger partial charge in [-0.3, -0.25) is 0 Å². The van der Waals surface area contributed by atoms with Gasteiger partial charge in [-0.05, 0) is 36.8 Å². The fraction of sp³-hybridized carbons (Fsp3) is 0.333. The van der Waals surface area contributed by atoms with Crippen molar-refractivity contribution in [3.05, 3.63) is 65.2 Å². The van der Waals surface area contributed by atoms with Crippen LogP contribution in [0.25, 0.3) is 0 Å². The number of nitrogens with two attached hydrogens (primary N) is 1. The Morgan fingerprint density at radius 2 is 1.75 bits per heavy atom. The molecular weight excluding hydrogens is 346 g/mol. The summed E-state index contributed by atoms with van der Waals surface area (Å²) in [5.41, 5.74) is 6.47. The third kappa shape index (κ3) is 2.97. The van der Waals surface area contributed by atoms with E-state index in [1.165, 1.54) is 12.1 Å². The quantitative estimate of drug-likeness (QED) is 0.854. The molecule has 128 valence electrons. The van der Waals surface area contributed by atoms with Crippen molar-refractivity contribution < 1.29 is 13.2 Å². The third-order valence-corrected chi connectivity index (χ3v) is 7.05. The van der Waals surface area contributed by atoms with Crippen LogP contribution in [-0.2, 0) is 14.6 Å². The molecule has 3 atom stereocenters. The minimum atomic E-state index is -3.58. The van der Waals surface area contributed by atoms with Crippen molar-refractivity contribution in [2.24, 2.45) is 5.73 Å². The Kier molecular flexibility index (Phi) is 4.71. The second-order valence-electron chi connectivity index (χ2n) is 6.06. The summed E-state index contributed by atoms with van der Waals surface area (Å²) >= 11 is 5.87. The number of ether oxygens (including phenoxy) is 1. The maximum Gasteiger partial charge on any atom is 0.183 e. The molecule has 1 aliphatic rings. The van der Waals surface area contributed by atoms with Crippen LogP contribution in [0.3, 0.4) is 0 Å². The van der Waals surface area contributed by atoms with Gasteiger partial charge < -0.3 is 10.5 Å². The van der Waals surface area contributed by atoms with E-state index in [-0.39, 0.29) is 17.4 Å². The van der Waals surface area contributed by atoms with Crippen LogP contribution >= 0.6 is 11.6 Å². The molecule has 4 nitrogen and oxygen atoms in total. The second-order valence-corrected chi connectivity index (χ2v) is 8.56. The lowest BCUT2D eigenvalue weighted by atomic mass is 10.1. The molecule has 2 N–H and O–H groups in total. The minimum absolute atomic E-state index is 0.209. The number of halogens is 1. The number of hydrogen-bond donors (Lipinski definition) is 1. The van der Waals surface area contributed by atoms with Gasteiger partial charge in [0, 0.05) is 17.5 Å². The summed E-state index contributed by atoms with van der Waals surface area (Å²) in [4.78, 5) is 0.238. The van der Waals surface area contributed by atoms with Gasteiger partial charge in [-0.25, -0.2) is 8.42 Å². The SMILES string of the molecule is CCOCC1(N)C(c2ccccc2)C1S(=O)(=O)c1ccc(Cl)cc1. The average molecular weight is 366 g/mol. The average Bonchev–Trinajstić information content (AvgIpc) is 3.21. The summed E-state index contributed by atoms with van der Waals surface area (Å²) in [5.74, 6) is -0.286. The molecule has 1 fully saturated rings. The smallest absolute Gasteiger partial charge is 0.183 e. The zero-order valence-electron chi connectivity index (χ0n) is 13.4. The molecular formula is C18H20ClNO3S. The highest BCUT2D eigenvalue weighted by Crippen LogP contribution is 2.55. The van der Waals surface area contributed by atoms with Crippen molar-refractivity contribution in [3.8, 4) is 0 Å². The Bertz CT molecular complexity index is 808. The van der Waals surface area contributed by atoms with Crippen molar-refractivity contribution in [2.45, 2.75) is 28.5 Å². The fourth-order valence-electron chi connectivity index (χ4n) is 3.26. The van der Waals surface area contributed by atoms with E-state index in [4.69, 9.17) is 22.1 Å². The normalized spacial score (nSPS) is 26.3. The van der Waals surface area contributed by atoms with Gasteiger partial charge in [0.1, 0.15) is 0 Å². The van der Waals surface area contributed by atoms with Gasteiger partial charge in [-0.1, -0.05) is 41.9 Å². The Morgan fingerprint density at radius 3 is 2.33 bits per heavy atom. The van der Waals surface area contributed by atoms with Crippen molar-refractivity contribution in [1.29, 1.82) is 0 Å². The van der Waals surface area contributed by atoms with Crippen LogP contribution in [0, 0.1) is 0 Å². The van der Waals surface area contributed by atoms with Gasteiger partial charge in [0.05, 0.1) is 22.3 Å². The topological polar surface area (TPSA) is 69.4 Å². The van der Waals surface area contributed by atoms with Crippen molar-refractivity contribution in [3.63, 3.8) is 0 Å². The monoisotopic (exact) mass is 365 g/mol. The lowest BCUT2D eigenvalue weighted by Crippen LogP contribution is -2.36. The van der Waals surface area contributed by atoms with Crippen molar-refractivity contribution >= 4 is 21.4 Å². The highest BCUT2D eigenvalue weighted by Gasteiger charge is 2.69. The molecule has 0 saturated heterocycles. The first-order valence-electron chi connectivity index (χ1n) is 7.82. The summed E-state index contributed by atoms with van der Waals surface area (Å²) in [5, 5.41) is -0.210. The highest BCUT2D eigenvalue weighted by molar-refractivity contribution is 7.92. The van der Waals surface area contributed by atoms with Gasteiger partial charge in [-0.15, -0.1) is 0 Å². The largest absolute Gasteiger partial charge is 0.380 e. The molecule has 0 amide bonds. The van der Waals surface area contributed by atoms with E-state index in [9.17, 15) is 8.42 Å².